The van der Waals surface area contributed by atoms with Crippen molar-refractivity contribution in [1.29, 1.82) is 0 Å². The van der Waals surface area contributed by atoms with Crippen LogP contribution in [0, 0.1) is 0 Å². The van der Waals surface area contributed by atoms with E-state index in [2.05, 4.69) is 0 Å². The van der Waals surface area contributed by atoms with Gasteiger partial charge in [0.25, 0.3) is 0 Å². The first-order chi connectivity index (χ1) is 9.99. The van der Waals surface area contributed by atoms with Gasteiger partial charge in [-0.2, -0.15) is 5.48 Å². The maximum absolute atomic E-state index is 11.5. The van der Waals surface area contributed by atoms with Crippen LogP contribution in [0.4, 0.5) is 9.59 Å². The molecular weight excluding hydrogens is 308 g/mol. The summed E-state index contributed by atoms with van der Waals surface area (Å²) in [4.78, 5) is 27.2. The van der Waals surface area contributed by atoms with E-state index in [4.69, 9.17) is 34.3 Å². The van der Waals surface area contributed by atoms with E-state index in [0.717, 1.165) is 11.8 Å². The quantitative estimate of drug-likeness (QED) is 0.306. The summed E-state index contributed by atoms with van der Waals surface area (Å²) in [5.41, 5.74) is 6.90. The first-order valence-electron chi connectivity index (χ1n) is 5.76. The van der Waals surface area contributed by atoms with Crippen molar-refractivity contribution in [2.75, 3.05) is 46.9 Å². The van der Waals surface area contributed by atoms with Crippen molar-refractivity contribution in [3.8, 4) is 0 Å². The lowest BCUT2D eigenvalue weighted by Crippen LogP contribution is -2.44. The molecule has 0 radical (unpaired) electrons. The molecule has 124 valence electrons. The fourth-order valence-corrected chi connectivity index (χ4v) is 1.49. The number of hydroxylamine groups is 1. The Labute approximate surface area is 126 Å². The Morgan fingerprint density at radius 2 is 1.71 bits per heavy atom. The molecule has 0 aliphatic heterocycles. The number of rotatable bonds is 11. The second-order valence-electron chi connectivity index (χ2n) is 3.30. The summed E-state index contributed by atoms with van der Waals surface area (Å²) < 4.78 is 24.2. The summed E-state index contributed by atoms with van der Waals surface area (Å²) in [5, 5.41) is -2.03. The molecule has 0 bridgehead atoms. The van der Waals surface area contributed by atoms with E-state index in [1.54, 1.807) is 0 Å². The third-order valence-corrected chi connectivity index (χ3v) is 2.59. The number of ether oxygens (including phenoxy) is 5. The molecule has 0 aromatic carbocycles. The molecule has 0 saturated carbocycles. The van der Waals surface area contributed by atoms with Gasteiger partial charge in [0.15, 0.2) is 0 Å². The number of methoxy groups -OCH3 is 2. The molecule has 0 saturated heterocycles. The van der Waals surface area contributed by atoms with Crippen molar-refractivity contribution in [3.63, 3.8) is 0 Å². The van der Waals surface area contributed by atoms with Crippen LogP contribution in [-0.4, -0.2) is 64.4 Å². The molecule has 0 aromatic rings. The van der Waals surface area contributed by atoms with E-state index in [0.29, 0.717) is 0 Å². The number of carbonyl (C=O) groups is 2. The summed E-state index contributed by atoms with van der Waals surface area (Å²) >= 11 is 0.804. The minimum absolute atomic E-state index is 0.00241. The Balaban J connectivity index is 4.48. The van der Waals surface area contributed by atoms with Gasteiger partial charge in [0, 0.05) is 14.2 Å². The average Bonchev–Trinajstić information content (AvgIpc) is 2.43. The lowest BCUT2D eigenvalue weighted by atomic mass is 10.8. The second-order valence-corrected chi connectivity index (χ2v) is 4.21. The molecule has 10 nitrogen and oxygen atoms in total. The highest BCUT2D eigenvalue weighted by molar-refractivity contribution is 7.99. The van der Waals surface area contributed by atoms with E-state index in [1.807, 2.05) is 5.48 Å². The summed E-state index contributed by atoms with van der Waals surface area (Å²) in [6.45, 7) is 0.581. The van der Waals surface area contributed by atoms with Crippen LogP contribution in [0.2, 0.25) is 0 Å². The average molecular weight is 328 g/mol. The number of carbonyl (C=O) groups excluding carboxylic acids is 2. The van der Waals surface area contributed by atoms with Crippen molar-refractivity contribution in [2.24, 2.45) is 5.73 Å². The standard InChI is InChI=1S/C10H20N2O8S/c1-15-4-6-17-10(21-3,19-8(11)13)20-9(14)12-18-7-5-16-2/h4-7H2,1-3H3,(H2,11,13)(H,12,14). The molecule has 3 N–H and O–H groups in total. The number of nitrogens with one attached hydrogen (secondary N) is 1. The van der Waals surface area contributed by atoms with Gasteiger partial charge in [0.05, 0.1) is 26.4 Å². The Kier molecular flexibility index (Phi) is 10.7. The lowest BCUT2D eigenvalue weighted by Gasteiger charge is -2.28. The van der Waals surface area contributed by atoms with Crippen LogP contribution < -0.4 is 11.2 Å². The number of hydrogen-bond donors (Lipinski definition) is 2. The van der Waals surface area contributed by atoms with Gasteiger partial charge in [-0.3, -0.25) is 9.57 Å². The molecular formula is C10H20N2O8S. The minimum atomic E-state index is -2.03. The van der Waals surface area contributed by atoms with Gasteiger partial charge in [-0.25, -0.2) is 9.59 Å². The lowest BCUT2D eigenvalue weighted by molar-refractivity contribution is -0.265. The summed E-state index contributed by atoms with van der Waals surface area (Å²) in [5.74, 6) is 0. The van der Waals surface area contributed by atoms with E-state index in [1.165, 1.54) is 20.5 Å². The van der Waals surface area contributed by atoms with Gasteiger partial charge in [0.2, 0.25) is 0 Å². The molecule has 0 heterocycles. The summed E-state index contributed by atoms with van der Waals surface area (Å²) in [7, 11) is 2.93. The number of hydrogen-bond acceptors (Lipinski definition) is 9. The van der Waals surface area contributed by atoms with Crippen LogP contribution in [0.15, 0.2) is 0 Å². The molecule has 0 rings (SSSR count). The number of amides is 2. The van der Waals surface area contributed by atoms with E-state index < -0.39 is 17.5 Å². The number of nitrogens with two attached hydrogens (primary N) is 1. The van der Waals surface area contributed by atoms with Gasteiger partial charge < -0.3 is 24.7 Å². The molecule has 1 atom stereocenters. The predicted octanol–water partition coefficient (Wildman–Crippen LogP) is 0.0232. The first kappa shape index (κ1) is 19.7. The highest BCUT2D eigenvalue weighted by Crippen LogP contribution is 2.28. The topological polar surface area (TPSA) is 128 Å². The molecule has 1 unspecified atom stereocenters. The normalized spacial score (nSPS) is 13.3. The van der Waals surface area contributed by atoms with Crippen molar-refractivity contribution in [3.05, 3.63) is 0 Å². The molecule has 2 amide bonds. The minimum Gasteiger partial charge on any atom is -0.382 e. The second kappa shape index (κ2) is 11.4. The van der Waals surface area contributed by atoms with Gasteiger partial charge in [-0.15, -0.1) is 0 Å². The van der Waals surface area contributed by atoms with Crippen LogP contribution in [0.25, 0.3) is 0 Å². The van der Waals surface area contributed by atoms with Crippen LogP contribution in [0.1, 0.15) is 0 Å². The van der Waals surface area contributed by atoms with E-state index in [9.17, 15) is 9.59 Å². The third-order valence-electron chi connectivity index (χ3n) is 1.80. The Morgan fingerprint density at radius 1 is 1.10 bits per heavy atom. The predicted molar refractivity (Wildman–Crippen MR) is 72.2 cm³/mol. The Morgan fingerprint density at radius 3 is 2.24 bits per heavy atom. The smallest absolute Gasteiger partial charge is 0.382 e. The number of thioether (sulfide) groups is 1. The maximum Gasteiger partial charge on any atom is 0.437 e. The summed E-state index contributed by atoms with van der Waals surface area (Å²) in [6.07, 6.45) is -0.705. The van der Waals surface area contributed by atoms with Gasteiger partial charge in [-0.05, 0) is 18.0 Å². The largest absolute Gasteiger partial charge is 0.437 e. The highest BCUT2D eigenvalue weighted by atomic mass is 32.2. The Hall–Kier alpha value is -1.27. The van der Waals surface area contributed by atoms with Crippen LogP contribution in [0.5, 0.6) is 0 Å². The van der Waals surface area contributed by atoms with Crippen molar-refractivity contribution >= 4 is 23.9 Å². The first-order valence-corrected chi connectivity index (χ1v) is 6.98. The van der Waals surface area contributed by atoms with Crippen LogP contribution >= 0.6 is 11.8 Å². The highest BCUT2D eigenvalue weighted by Gasteiger charge is 2.40. The zero-order chi connectivity index (χ0) is 16.1. The van der Waals surface area contributed by atoms with Crippen LogP contribution in [0.3, 0.4) is 0 Å². The SMILES string of the molecule is COCCONC(=O)OC(OCCOC)(OC(N)=O)SC. The van der Waals surface area contributed by atoms with Crippen molar-refractivity contribution in [1.82, 2.24) is 5.48 Å². The molecule has 0 aliphatic rings. The number of primary amides is 1. The van der Waals surface area contributed by atoms with Gasteiger partial charge in [0.1, 0.15) is 0 Å². The summed E-state index contributed by atoms with van der Waals surface area (Å²) in [6, 6.07) is 0. The molecule has 0 spiro atoms. The molecule has 0 fully saturated rings. The van der Waals surface area contributed by atoms with Crippen molar-refractivity contribution < 1.29 is 38.1 Å². The van der Waals surface area contributed by atoms with E-state index in [-0.39, 0.29) is 26.4 Å². The molecule has 21 heavy (non-hydrogen) atoms. The fraction of sp³-hybridized carbons (Fsp3) is 0.800. The zero-order valence-corrected chi connectivity index (χ0v) is 12.9. The third kappa shape index (κ3) is 9.31. The monoisotopic (exact) mass is 328 g/mol. The zero-order valence-electron chi connectivity index (χ0n) is 12.1. The van der Waals surface area contributed by atoms with Crippen LogP contribution in [-0.2, 0) is 28.5 Å². The fourth-order valence-electron chi connectivity index (χ4n) is 0.965. The maximum atomic E-state index is 11.5. The van der Waals surface area contributed by atoms with Gasteiger partial charge >= 0.3 is 17.5 Å². The molecule has 11 heteroatoms. The van der Waals surface area contributed by atoms with E-state index >= 15 is 0 Å². The van der Waals surface area contributed by atoms with Gasteiger partial charge in [-0.1, -0.05) is 0 Å². The van der Waals surface area contributed by atoms with Crippen molar-refractivity contribution in [2.45, 2.75) is 5.31 Å². The Bertz CT molecular complexity index is 319. The molecule has 0 aromatic heterocycles. The molecule has 0 aliphatic carbocycles.